The molecule has 5 heteroatoms. The molecule has 2 rings (SSSR count). The van der Waals surface area contributed by atoms with Crippen molar-refractivity contribution in [1.82, 2.24) is 4.98 Å². The standard InChI is InChI=1S/C13H20N4S/c1-8-6-9(2)16-13(11(8)12(14)15)17-4-5-18-10(3)7-17/h6,10H,4-5,7H2,1-3H3,(H3,14,15). The smallest absolute Gasteiger partial charge is 0.140 e. The lowest BCUT2D eigenvalue weighted by Gasteiger charge is -2.33. The quantitative estimate of drug-likeness (QED) is 0.633. The number of hydrogen-bond acceptors (Lipinski definition) is 4. The van der Waals surface area contributed by atoms with Crippen molar-refractivity contribution in [3.05, 3.63) is 22.9 Å². The zero-order chi connectivity index (χ0) is 13.3. The first-order valence-corrected chi connectivity index (χ1v) is 7.23. The number of pyridine rings is 1. The Morgan fingerprint density at radius 3 is 2.89 bits per heavy atom. The van der Waals surface area contributed by atoms with Crippen molar-refractivity contribution in [3.63, 3.8) is 0 Å². The lowest BCUT2D eigenvalue weighted by atomic mass is 10.1. The van der Waals surface area contributed by atoms with Crippen LogP contribution in [0.5, 0.6) is 0 Å². The fraction of sp³-hybridized carbons (Fsp3) is 0.538. The van der Waals surface area contributed by atoms with E-state index in [1.807, 2.05) is 31.7 Å². The number of anilines is 1. The second-order valence-corrected chi connectivity index (χ2v) is 6.37. The minimum absolute atomic E-state index is 0.112. The van der Waals surface area contributed by atoms with Crippen LogP contribution in [0, 0.1) is 19.3 Å². The van der Waals surface area contributed by atoms with Crippen LogP contribution in [-0.2, 0) is 0 Å². The van der Waals surface area contributed by atoms with Gasteiger partial charge in [0.2, 0.25) is 0 Å². The van der Waals surface area contributed by atoms with E-state index in [4.69, 9.17) is 11.1 Å². The molecule has 3 N–H and O–H groups in total. The van der Waals surface area contributed by atoms with Crippen LogP contribution in [0.4, 0.5) is 5.82 Å². The molecule has 1 aliphatic heterocycles. The minimum Gasteiger partial charge on any atom is -0.384 e. The van der Waals surface area contributed by atoms with Gasteiger partial charge < -0.3 is 10.6 Å². The van der Waals surface area contributed by atoms with Gasteiger partial charge in [0, 0.05) is 29.8 Å². The van der Waals surface area contributed by atoms with Crippen LogP contribution >= 0.6 is 11.8 Å². The Kier molecular flexibility index (Phi) is 3.80. The van der Waals surface area contributed by atoms with Gasteiger partial charge in [-0.15, -0.1) is 0 Å². The number of aryl methyl sites for hydroxylation is 2. The summed E-state index contributed by atoms with van der Waals surface area (Å²) in [5, 5.41) is 8.36. The summed E-state index contributed by atoms with van der Waals surface area (Å²) in [5.41, 5.74) is 8.53. The van der Waals surface area contributed by atoms with Gasteiger partial charge in [0.05, 0.1) is 5.56 Å². The fourth-order valence-electron chi connectivity index (χ4n) is 2.39. The second-order valence-electron chi connectivity index (χ2n) is 4.82. The van der Waals surface area contributed by atoms with Crippen LogP contribution in [0.15, 0.2) is 6.07 Å². The number of aromatic nitrogens is 1. The molecule has 0 radical (unpaired) electrons. The van der Waals surface area contributed by atoms with E-state index < -0.39 is 0 Å². The molecule has 0 aromatic carbocycles. The number of hydrogen-bond donors (Lipinski definition) is 2. The summed E-state index contributed by atoms with van der Waals surface area (Å²) in [5.74, 6) is 2.10. The van der Waals surface area contributed by atoms with Crippen molar-refractivity contribution < 1.29 is 0 Å². The van der Waals surface area contributed by atoms with Crippen LogP contribution < -0.4 is 10.6 Å². The summed E-state index contributed by atoms with van der Waals surface area (Å²) in [7, 11) is 0. The van der Waals surface area contributed by atoms with Crippen molar-refractivity contribution in [3.8, 4) is 0 Å². The number of thioether (sulfide) groups is 1. The Morgan fingerprint density at radius 2 is 2.28 bits per heavy atom. The SMILES string of the molecule is Cc1cc(C)c(C(=N)N)c(N2CCSC(C)C2)n1. The molecule has 2 heterocycles. The lowest BCUT2D eigenvalue weighted by Crippen LogP contribution is -2.38. The van der Waals surface area contributed by atoms with E-state index in [1.54, 1.807) is 0 Å². The van der Waals surface area contributed by atoms with Gasteiger partial charge in [-0.2, -0.15) is 11.8 Å². The van der Waals surface area contributed by atoms with E-state index in [9.17, 15) is 0 Å². The molecule has 1 aromatic heterocycles. The van der Waals surface area contributed by atoms with E-state index in [1.165, 1.54) is 0 Å². The highest BCUT2D eigenvalue weighted by Gasteiger charge is 2.22. The first-order valence-electron chi connectivity index (χ1n) is 6.18. The fourth-order valence-corrected chi connectivity index (χ4v) is 3.40. The first kappa shape index (κ1) is 13.2. The summed E-state index contributed by atoms with van der Waals surface area (Å²) in [6, 6.07) is 1.99. The molecule has 1 unspecified atom stereocenters. The predicted molar refractivity (Wildman–Crippen MR) is 78.9 cm³/mol. The second kappa shape index (κ2) is 5.18. The molecular formula is C13H20N4S. The molecule has 4 nitrogen and oxygen atoms in total. The van der Waals surface area contributed by atoms with Crippen LogP contribution in [0.3, 0.4) is 0 Å². The van der Waals surface area contributed by atoms with Crippen molar-refractivity contribution in [2.45, 2.75) is 26.0 Å². The van der Waals surface area contributed by atoms with Crippen LogP contribution in [-0.4, -0.2) is 34.9 Å². The molecule has 0 bridgehead atoms. The molecule has 1 aromatic rings. The number of nitrogens with one attached hydrogen (secondary N) is 1. The highest BCUT2D eigenvalue weighted by atomic mass is 32.2. The largest absolute Gasteiger partial charge is 0.384 e. The Balaban J connectivity index is 2.44. The molecule has 1 fully saturated rings. The Hall–Kier alpha value is -1.23. The van der Waals surface area contributed by atoms with Crippen LogP contribution in [0.25, 0.3) is 0 Å². The topological polar surface area (TPSA) is 66.0 Å². The Labute approximate surface area is 112 Å². The van der Waals surface area contributed by atoms with Crippen molar-refractivity contribution in [2.75, 3.05) is 23.7 Å². The number of nitrogens with two attached hydrogens (primary N) is 1. The first-order chi connectivity index (χ1) is 8.49. The third kappa shape index (κ3) is 2.61. The maximum absolute atomic E-state index is 7.76. The van der Waals surface area contributed by atoms with E-state index in [0.29, 0.717) is 5.25 Å². The zero-order valence-corrected chi connectivity index (χ0v) is 12.0. The van der Waals surface area contributed by atoms with Gasteiger partial charge in [0.25, 0.3) is 0 Å². The summed E-state index contributed by atoms with van der Waals surface area (Å²) in [6.07, 6.45) is 0. The molecule has 0 spiro atoms. The van der Waals surface area contributed by atoms with Crippen molar-refractivity contribution >= 4 is 23.4 Å². The Morgan fingerprint density at radius 1 is 1.56 bits per heavy atom. The normalized spacial score (nSPS) is 19.9. The lowest BCUT2D eigenvalue weighted by molar-refractivity contribution is 0.766. The molecular weight excluding hydrogens is 244 g/mol. The van der Waals surface area contributed by atoms with Gasteiger partial charge in [-0.3, -0.25) is 5.41 Å². The maximum atomic E-state index is 7.76. The summed E-state index contributed by atoms with van der Waals surface area (Å²) in [4.78, 5) is 6.87. The maximum Gasteiger partial charge on any atom is 0.140 e. The summed E-state index contributed by atoms with van der Waals surface area (Å²) >= 11 is 1.98. The van der Waals surface area contributed by atoms with Gasteiger partial charge in [0.15, 0.2) is 0 Å². The molecule has 1 atom stereocenters. The number of amidine groups is 1. The van der Waals surface area contributed by atoms with Gasteiger partial charge >= 0.3 is 0 Å². The average molecular weight is 264 g/mol. The third-order valence-corrected chi connectivity index (χ3v) is 4.27. The number of rotatable bonds is 2. The molecule has 0 amide bonds. The molecule has 0 saturated carbocycles. The van der Waals surface area contributed by atoms with E-state index in [2.05, 4.69) is 16.8 Å². The third-order valence-electron chi connectivity index (χ3n) is 3.14. The van der Waals surface area contributed by atoms with Gasteiger partial charge in [-0.05, 0) is 25.5 Å². The highest BCUT2D eigenvalue weighted by Crippen LogP contribution is 2.27. The van der Waals surface area contributed by atoms with E-state index in [-0.39, 0.29) is 5.84 Å². The highest BCUT2D eigenvalue weighted by molar-refractivity contribution is 8.00. The van der Waals surface area contributed by atoms with Crippen molar-refractivity contribution in [1.29, 1.82) is 5.41 Å². The monoisotopic (exact) mass is 264 g/mol. The molecule has 98 valence electrons. The van der Waals surface area contributed by atoms with Crippen molar-refractivity contribution in [2.24, 2.45) is 5.73 Å². The number of nitrogen functional groups attached to an aromatic ring is 1. The van der Waals surface area contributed by atoms with Gasteiger partial charge in [-0.1, -0.05) is 6.92 Å². The molecule has 1 saturated heterocycles. The molecule has 18 heavy (non-hydrogen) atoms. The molecule has 0 aliphatic carbocycles. The Bertz CT molecular complexity index is 472. The van der Waals surface area contributed by atoms with Crippen LogP contribution in [0.1, 0.15) is 23.7 Å². The predicted octanol–water partition coefficient (Wildman–Crippen LogP) is 1.92. The van der Waals surface area contributed by atoms with Gasteiger partial charge in [-0.25, -0.2) is 4.98 Å². The molecule has 1 aliphatic rings. The number of nitrogens with zero attached hydrogens (tertiary/aromatic N) is 2. The van der Waals surface area contributed by atoms with Crippen LogP contribution in [0.2, 0.25) is 0 Å². The minimum atomic E-state index is 0.112. The summed E-state index contributed by atoms with van der Waals surface area (Å²) in [6.45, 7) is 8.17. The van der Waals surface area contributed by atoms with Gasteiger partial charge in [0.1, 0.15) is 11.7 Å². The van der Waals surface area contributed by atoms with E-state index >= 15 is 0 Å². The summed E-state index contributed by atoms with van der Waals surface area (Å²) < 4.78 is 0. The zero-order valence-electron chi connectivity index (χ0n) is 11.2. The average Bonchev–Trinajstić information content (AvgIpc) is 2.27. The van der Waals surface area contributed by atoms with E-state index in [0.717, 1.165) is 41.5 Å².